The van der Waals surface area contributed by atoms with Gasteiger partial charge in [0.15, 0.2) is 5.13 Å². The molecule has 0 aliphatic rings. The summed E-state index contributed by atoms with van der Waals surface area (Å²) >= 11 is 3.24. The summed E-state index contributed by atoms with van der Waals surface area (Å²) in [6, 6.07) is 21.8. The summed E-state index contributed by atoms with van der Waals surface area (Å²) in [6.07, 6.45) is 1.22. The van der Waals surface area contributed by atoms with Crippen LogP contribution in [0.1, 0.15) is 11.3 Å². The van der Waals surface area contributed by atoms with E-state index in [1.54, 1.807) is 27.6 Å². The van der Waals surface area contributed by atoms with Crippen molar-refractivity contribution < 1.29 is 4.79 Å². The Kier molecular flexibility index (Phi) is 4.59. The van der Waals surface area contributed by atoms with Crippen molar-refractivity contribution in [1.82, 2.24) is 4.98 Å². The van der Waals surface area contributed by atoms with Gasteiger partial charge >= 0.3 is 0 Å². The van der Waals surface area contributed by atoms with Crippen molar-refractivity contribution in [2.24, 2.45) is 0 Å². The van der Waals surface area contributed by atoms with Gasteiger partial charge in [-0.2, -0.15) is 0 Å². The van der Waals surface area contributed by atoms with Crippen LogP contribution in [-0.2, 0) is 11.2 Å². The van der Waals surface area contributed by atoms with Crippen LogP contribution < -0.4 is 4.90 Å². The molecule has 0 unspecified atom stereocenters. The number of nitrogens with zero attached hydrogens (tertiary/aromatic N) is 2. The van der Waals surface area contributed by atoms with E-state index in [4.69, 9.17) is 0 Å². The topological polar surface area (TPSA) is 33.2 Å². The fourth-order valence-corrected chi connectivity index (χ4v) is 4.40. The number of para-hydroxylation sites is 2. The first-order valence-corrected chi connectivity index (χ1v) is 9.77. The molecule has 4 rings (SSSR count). The van der Waals surface area contributed by atoms with Crippen molar-refractivity contribution >= 4 is 49.6 Å². The summed E-state index contributed by atoms with van der Waals surface area (Å²) in [5.41, 5.74) is 1.78. The average Bonchev–Trinajstić information content (AvgIpc) is 3.30. The minimum Gasteiger partial charge on any atom is -0.274 e. The number of anilines is 2. The summed E-state index contributed by atoms with van der Waals surface area (Å²) in [6.45, 7) is 0. The lowest BCUT2D eigenvalue weighted by atomic mass is 10.2. The molecule has 0 spiro atoms. The van der Waals surface area contributed by atoms with E-state index in [2.05, 4.69) is 11.1 Å². The van der Waals surface area contributed by atoms with Crippen LogP contribution in [0.5, 0.6) is 0 Å². The minimum absolute atomic E-state index is 0.0682. The normalized spacial score (nSPS) is 10.9. The zero-order valence-corrected chi connectivity index (χ0v) is 15.1. The highest BCUT2D eigenvalue weighted by Crippen LogP contribution is 2.34. The first kappa shape index (κ1) is 16.0. The third-order valence-corrected chi connectivity index (χ3v) is 5.86. The maximum Gasteiger partial charge on any atom is 0.233 e. The van der Waals surface area contributed by atoms with Crippen LogP contribution in [0.4, 0.5) is 10.8 Å². The number of aryl methyl sites for hydroxylation is 1. The van der Waals surface area contributed by atoms with Gasteiger partial charge in [-0.25, -0.2) is 4.98 Å². The molecule has 4 aromatic rings. The smallest absolute Gasteiger partial charge is 0.233 e. The molecule has 25 heavy (non-hydrogen) atoms. The Morgan fingerprint density at radius 3 is 2.52 bits per heavy atom. The Bertz CT molecular complexity index is 944. The van der Waals surface area contributed by atoms with E-state index in [1.807, 2.05) is 66.0 Å². The highest BCUT2D eigenvalue weighted by molar-refractivity contribution is 7.22. The Hall–Kier alpha value is -2.50. The van der Waals surface area contributed by atoms with E-state index < -0.39 is 0 Å². The van der Waals surface area contributed by atoms with Gasteiger partial charge in [-0.05, 0) is 42.1 Å². The second-order valence-electron chi connectivity index (χ2n) is 5.61. The van der Waals surface area contributed by atoms with Crippen molar-refractivity contribution in [1.29, 1.82) is 0 Å². The van der Waals surface area contributed by atoms with Gasteiger partial charge in [-0.1, -0.05) is 47.7 Å². The zero-order chi connectivity index (χ0) is 17.1. The van der Waals surface area contributed by atoms with Gasteiger partial charge in [0.2, 0.25) is 5.91 Å². The van der Waals surface area contributed by atoms with Crippen LogP contribution >= 0.6 is 22.7 Å². The van der Waals surface area contributed by atoms with Crippen LogP contribution in [0.2, 0.25) is 0 Å². The zero-order valence-electron chi connectivity index (χ0n) is 13.5. The predicted molar refractivity (Wildman–Crippen MR) is 106 cm³/mol. The van der Waals surface area contributed by atoms with Gasteiger partial charge in [-0.3, -0.25) is 9.69 Å². The number of hydrogen-bond donors (Lipinski definition) is 0. The van der Waals surface area contributed by atoms with Gasteiger partial charge in [0.25, 0.3) is 0 Å². The fraction of sp³-hybridized carbons (Fsp3) is 0.100. The summed E-state index contributed by atoms with van der Waals surface area (Å²) < 4.78 is 1.09. The molecule has 2 heterocycles. The molecular formula is C20H16N2OS2. The van der Waals surface area contributed by atoms with Crippen LogP contribution in [0.3, 0.4) is 0 Å². The van der Waals surface area contributed by atoms with Gasteiger partial charge < -0.3 is 0 Å². The Morgan fingerprint density at radius 2 is 1.76 bits per heavy atom. The number of aromatic nitrogens is 1. The maximum atomic E-state index is 13.0. The minimum atomic E-state index is 0.0682. The van der Waals surface area contributed by atoms with Gasteiger partial charge in [0, 0.05) is 11.3 Å². The number of carbonyl (C=O) groups is 1. The number of amides is 1. The highest BCUT2D eigenvalue weighted by Gasteiger charge is 2.21. The van der Waals surface area contributed by atoms with E-state index >= 15 is 0 Å². The average molecular weight is 364 g/mol. The van der Waals surface area contributed by atoms with Crippen LogP contribution in [0.15, 0.2) is 72.1 Å². The summed E-state index contributed by atoms with van der Waals surface area (Å²) in [5.74, 6) is 0.0682. The largest absolute Gasteiger partial charge is 0.274 e. The third-order valence-electron chi connectivity index (χ3n) is 3.90. The van der Waals surface area contributed by atoms with Gasteiger partial charge in [0.1, 0.15) is 0 Å². The first-order chi connectivity index (χ1) is 12.3. The second-order valence-corrected chi connectivity index (χ2v) is 7.65. The molecule has 0 aliphatic heterocycles. The van der Waals surface area contributed by atoms with E-state index in [-0.39, 0.29) is 5.91 Å². The fourth-order valence-electron chi connectivity index (χ4n) is 2.69. The SMILES string of the molecule is O=C(CCc1cccs1)N(c1ccccc1)c1nc2ccccc2s1. The number of hydrogen-bond acceptors (Lipinski definition) is 4. The maximum absolute atomic E-state index is 13.0. The third kappa shape index (κ3) is 3.48. The lowest BCUT2D eigenvalue weighted by Gasteiger charge is -2.19. The van der Waals surface area contributed by atoms with E-state index in [1.165, 1.54) is 4.88 Å². The van der Waals surface area contributed by atoms with Crippen molar-refractivity contribution in [3.63, 3.8) is 0 Å². The Labute approximate surface area is 154 Å². The molecule has 1 amide bonds. The van der Waals surface area contributed by atoms with E-state index in [0.29, 0.717) is 6.42 Å². The molecule has 124 valence electrons. The molecule has 0 fully saturated rings. The van der Waals surface area contributed by atoms with Gasteiger partial charge in [-0.15, -0.1) is 11.3 Å². The van der Waals surface area contributed by atoms with Crippen LogP contribution in [0, 0.1) is 0 Å². The van der Waals surface area contributed by atoms with Crippen LogP contribution in [-0.4, -0.2) is 10.9 Å². The molecule has 2 aromatic carbocycles. The standard InChI is InChI=1S/C20H16N2OS2/c23-19(13-12-16-9-6-14-24-16)22(15-7-2-1-3-8-15)20-21-17-10-4-5-11-18(17)25-20/h1-11,14H,12-13H2. The molecule has 0 radical (unpaired) electrons. The molecule has 0 saturated carbocycles. The van der Waals surface area contributed by atoms with E-state index in [9.17, 15) is 4.79 Å². The summed E-state index contributed by atoms with van der Waals surface area (Å²) in [7, 11) is 0. The van der Waals surface area contributed by atoms with Gasteiger partial charge in [0.05, 0.1) is 15.9 Å². The first-order valence-electron chi connectivity index (χ1n) is 8.07. The molecule has 2 aromatic heterocycles. The van der Waals surface area contributed by atoms with Crippen molar-refractivity contribution in [2.75, 3.05) is 4.90 Å². The number of fused-ring (bicyclic) bond motifs is 1. The Balaban J connectivity index is 1.67. The summed E-state index contributed by atoms with van der Waals surface area (Å²) in [5, 5.41) is 2.77. The van der Waals surface area contributed by atoms with Crippen molar-refractivity contribution in [2.45, 2.75) is 12.8 Å². The molecule has 0 aliphatic carbocycles. The van der Waals surface area contributed by atoms with Crippen molar-refractivity contribution in [3.8, 4) is 0 Å². The van der Waals surface area contributed by atoms with Crippen molar-refractivity contribution in [3.05, 3.63) is 77.0 Å². The number of benzene rings is 2. The quantitative estimate of drug-likeness (QED) is 0.458. The molecule has 3 nitrogen and oxygen atoms in total. The molecule has 5 heteroatoms. The highest BCUT2D eigenvalue weighted by atomic mass is 32.1. The van der Waals surface area contributed by atoms with Crippen LogP contribution in [0.25, 0.3) is 10.2 Å². The number of thiophene rings is 1. The molecule has 0 bridgehead atoms. The molecular weight excluding hydrogens is 348 g/mol. The lowest BCUT2D eigenvalue weighted by Crippen LogP contribution is -2.25. The lowest BCUT2D eigenvalue weighted by molar-refractivity contribution is -0.117. The molecule has 0 N–H and O–H groups in total. The number of carbonyl (C=O) groups excluding carboxylic acids is 1. The Morgan fingerprint density at radius 1 is 0.960 bits per heavy atom. The number of thiazole rings is 1. The predicted octanol–water partition coefficient (Wildman–Crippen LogP) is 5.66. The monoisotopic (exact) mass is 364 g/mol. The molecule has 0 atom stereocenters. The van der Waals surface area contributed by atoms with E-state index in [0.717, 1.165) is 27.5 Å². The molecule has 0 saturated heterocycles. The number of rotatable bonds is 5. The summed E-state index contributed by atoms with van der Waals surface area (Å²) in [4.78, 5) is 20.7. The second kappa shape index (κ2) is 7.17.